The number of nitrogens with one attached hydrogen (secondary N) is 2. The Balaban J connectivity index is 1.34. The van der Waals surface area contributed by atoms with Crippen molar-refractivity contribution < 1.29 is 9.59 Å². The van der Waals surface area contributed by atoms with Gasteiger partial charge in [0.2, 0.25) is 5.91 Å². The van der Waals surface area contributed by atoms with Crippen LogP contribution in [0.3, 0.4) is 0 Å². The molecule has 25 heavy (non-hydrogen) atoms. The second-order valence-corrected chi connectivity index (χ2v) is 6.79. The third kappa shape index (κ3) is 4.83. The van der Waals surface area contributed by atoms with E-state index in [0.29, 0.717) is 24.4 Å². The predicted octanol–water partition coefficient (Wildman–Crippen LogP) is 3.52. The van der Waals surface area contributed by atoms with Gasteiger partial charge in [0, 0.05) is 29.6 Å². The van der Waals surface area contributed by atoms with E-state index in [-0.39, 0.29) is 17.9 Å². The molecule has 4 nitrogen and oxygen atoms in total. The molecule has 2 aromatic rings. The van der Waals surface area contributed by atoms with Crippen molar-refractivity contribution in [3.05, 3.63) is 70.7 Å². The average Bonchev–Trinajstić information content (AvgIpc) is 2.59. The van der Waals surface area contributed by atoms with Crippen LogP contribution in [-0.4, -0.2) is 24.4 Å². The summed E-state index contributed by atoms with van der Waals surface area (Å²) in [5.74, 6) is 0.313. The molecule has 2 aromatic carbocycles. The largest absolute Gasteiger partial charge is 0.353 e. The topological polar surface area (TPSA) is 58.2 Å². The van der Waals surface area contributed by atoms with Crippen molar-refractivity contribution in [2.45, 2.75) is 31.2 Å². The quantitative estimate of drug-likeness (QED) is 0.832. The molecule has 0 aromatic heterocycles. The summed E-state index contributed by atoms with van der Waals surface area (Å²) in [4.78, 5) is 23.9. The van der Waals surface area contributed by atoms with Crippen LogP contribution < -0.4 is 10.6 Å². The summed E-state index contributed by atoms with van der Waals surface area (Å²) in [6.07, 6.45) is 2.19. The fourth-order valence-corrected chi connectivity index (χ4v) is 3.15. The zero-order valence-corrected chi connectivity index (χ0v) is 14.6. The number of hydrogen-bond acceptors (Lipinski definition) is 2. The van der Waals surface area contributed by atoms with Gasteiger partial charge in [-0.2, -0.15) is 0 Å². The molecular formula is C20H21ClN2O2. The Kier molecular flexibility index (Phi) is 5.71. The van der Waals surface area contributed by atoms with Gasteiger partial charge in [0.05, 0.1) is 0 Å². The molecule has 0 saturated heterocycles. The van der Waals surface area contributed by atoms with Gasteiger partial charge in [-0.15, -0.1) is 0 Å². The Morgan fingerprint density at radius 3 is 2.36 bits per heavy atom. The maximum absolute atomic E-state index is 12.0. The number of amides is 2. The lowest BCUT2D eigenvalue weighted by Gasteiger charge is -2.36. The van der Waals surface area contributed by atoms with Crippen molar-refractivity contribution in [3.8, 4) is 0 Å². The number of carbonyl (C=O) groups excluding carboxylic acids is 2. The van der Waals surface area contributed by atoms with Gasteiger partial charge in [0.25, 0.3) is 5.91 Å². The Hall–Kier alpha value is -2.33. The molecule has 5 heteroatoms. The first-order valence-corrected chi connectivity index (χ1v) is 8.87. The van der Waals surface area contributed by atoms with Crippen LogP contribution in [0.2, 0.25) is 5.02 Å². The molecule has 1 aliphatic carbocycles. The van der Waals surface area contributed by atoms with Crippen LogP contribution >= 0.6 is 11.6 Å². The Labute approximate surface area is 152 Å². The minimum atomic E-state index is -0.153. The van der Waals surface area contributed by atoms with Gasteiger partial charge in [-0.3, -0.25) is 9.59 Å². The molecule has 0 atom stereocenters. The maximum atomic E-state index is 12.0. The van der Waals surface area contributed by atoms with Crippen LogP contribution in [0.5, 0.6) is 0 Å². The van der Waals surface area contributed by atoms with Crippen molar-refractivity contribution in [1.29, 1.82) is 0 Å². The summed E-state index contributed by atoms with van der Waals surface area (Å²) in [6, 6.07) is 17.1. The highest BCUT2D eigenvalue weighted by Gasteiger charge is 2.31. The Morgan fingerprint density at radius 1 is 1.00 bits per heavy atom. The van der Waals surface area contributed by atoms with E-state index in [2.05, 4.69) is 10.6 Å². The van der Waals surface area contributed by atoms with Crippen LogP contribution in [0.4, 0.5) is 0 Å². The van der Waals surface area contributed by atoms with E-state index in [4.69, 9.17) is 11.6 Å². The Morgan fingerprint density at radius 2 is 1.68 bits per heavy atom. The fraction of sp³-hybridized carbons (Fsp3) is 0.300. The van der Waals surface area contributed by atoms with Crippen LogP contribution in [0.25, 0.3) is 0 Å². The van der Waals surface area contributed by atoms with E-state index >= 15 is 0 Å². The monoisotopic (exact) mass is 356 g/mol. The summed E-state index contributed by atoms with van der Waals surface area (Å²) in [7, 11) is 0. The van der Waals surface area contributed by atoms with E-state index in [1.807, 2.05) is 42.5 Å². The molecule has 0 heterocycles. The summed E-state index contributed by atoms with van der Waals surface area (Å²) >= 11 is 5.90. The highest BCUT2D eigenvalue weighted by Crippen LogP contribution is 2.37. The van der Waals surface area contributed by atoms with Crippen LogP contribution in [0.1, 0.15) is 41.1 Å². The van der Waals surface area contributed by atoms with Crippen LogP contribution in [-0.2, 0) is 4.79 Å². The second kappa shape index (κ2) is 8.17. The fourth-order valence-electron chi connectivity index (χ4n) is 3.02. The van der Waals surface area contributed by atoms with Crippen molar-refractivity contribution in [2.75, 3.05) is 6.54 Å². The standard InChI is InChI=1S/C20H21ClN2O2/c21-17-8-6-14(7-9-17)16-12-18(13-16)23-19(24)10-11-22-20(25)15-4-2-1-3-5-15/h1-9,16,18H,10-13H2,(H,22,25)(H,23,24). The van der Waals surface area contributed by atoms with E-state index in [1.54, 1.807) is 12.1 Å². The second-order valence-electron chi connectivity index (χ2n) is 6.36. The lowest BCUT2D eigenvalue weighted by Crippen LogP contribution is -2.44. The van der Waals surface area contributed by atoms with Gasteiger partial charge in [-0.25, -0.2) is 0 Å². The molecular weight excluding hydrogens is 336 g/mol. The predicted molar refractivity (Wildman–Crippen MR) is 98.7 cm³/mol. The summed E-state index contributed by atoms with van der Waals surface area (Å²) in [6.45, 7) is 0.340. The molecule has 1 saturated carbocycles. The highest BCUT2D eigenvalue weighted by atomic mass is 35.5. The van der Waals surface area contributed by atoms with E-state index < -0.39 is 0 Å². The van der Waals surface area contributed by atoms with E-state index in [1.165, 1.54) is 5.56 Å². The van der Waals surface area contributed by atoms with Gasteiger partial charge >= 0.3 is 0 Å². The molecule has 1 fully saturated rings. The Bertz CT molecular complexity index is 725. The molecule has 0 bridgehead atoms. The van der Waals surface area contributed by atoms with Gasteiger partial charge < -0.3 is 10.6 Å². The molecule has 2 N–H and O–H groups in total. The maximum Gasteiger partial charge on any atom is 0.251 e. The first-order chi connectivity index (χ1) is 12.1. The number of carbonyl (C=O) groups is 2. The molecule has 2 amide bonds. The highest BCUT2D eigenvalue weighted by molar-refractivity contribution is 6.30. The van der Waals surface area contributed by atoms with Gasteiger partial charge in [0.1, 0.15) is 0 Å². The number of hydrogen-bond donors (Lipinski definition) is 2. The smallest absolute Gasteiger partial charge is 0.251 e. The lowest BCUT2D eigenvalue weighted by molar-refractivity contribution is -0.122. The summed E-state index contributed by atoms with van der Waals surface area (Å²) in [5, 5.41) is 6.53. The zero-order valence-electron chi connectivity index (χ0n) is 13.9. The van der Waals surface area contributed by atoms with Crippen molar-refractivity contribution in [2.24, 2.45) is 0 Å². The number of rotatable bonds is 6. The lowest BCUT2D eigenvalue weighted by atomic mass is 9.76. The van der Waals surface area contributed by atoms with Crippen molar-refractivity contribution in [1.82, 2.24) is 10.6 Å². The molecule has 3 rings (SSSR count). The third-order valence-corrected chi connectivity index (χ3v) is 4.77. The molecule has 130 valence electrons. The average molecular weight is 357 g/mol. The first kappa shape index (κ1) is 17.5. The third-order valence-electron chi connectivity index (χ3n) is 4.52. The molecule has 0 radical (unpaired) electrons. The summed E-state index contributed by atoms with van der Waals surface area (Å²) < 4.78 is 0. The van der Waals surface area contributed by atoms with Crippen molar-refractivity contribution in [3.63, 3.8) is 0 Å². The molecule has 0 spiro atoms. The number of benzene rings is 2. The van der Waals surface area contributed by atoms with E-state index in [9.17, 15) is 9.59 Å². The van der Waals surface area contributed by atoms with Gasteiger partial charge in [-0.1, -0.05) is 41.9 Å². The van der Waals surface area contributed by atoms with Crippen LogP contribution in [0.15, 0.2) is 54.6 Å². The zero-order chi connectivity index (χ0) is 17.6. The minimum Gasteiger partial charge on any atom is -0.353 e. The minimum absolute atomic E-state index is 0.0204. The summed E-state index contributed by atoms with van der Waals surface area (Å²) in [5.41, 5.74) is 1.87. The normalized spacial score (nSPS) is 18.9. The SMILES string of the molecule is O=C(CCNC(=O)c1ccccc1)NC1CC(c2ccc(Cl)cc2)C1. The molecule has 0 aliphatic heterocycles. The molecule has 1 aliphatic rings. The van der Waals surface area contributed by atoms with E-state index in [0.717, 1.165) is 17.9 Å². The van der Waals surface area contributed by atoms with Crippen LogP contribution in [0, 0.1) is 0 Å². The van der Waals surface area contributed by atoms with Crippen molar-refractivity contribution >= 4 is 23.4 Å². The molecule has 0 unspecified atom stereocenters. The van der Waals surface area contributed by atoms with Gasteiger partial charge in [0.15, 0.2) is 0 Å². The number of halogens is 1. The first-order valence-electron chi connectivity index (χ1n) is 8.50. The van der Waals surface area contributed by atoms with Gasteiger partial charge in [-0.05, 0) is 48.6 Å².